The lowest BCUT2D eigenvalue weighted by molar-refractivity contribution is 0.208. The number of rotatable bonds is 3. The largest absolute Gasteiger partial charge is 0.352 e. The number of hydrogen-bond donors (Lipinski definition) is 1. The molecule has 1 fully saturated rings. The molecule has 7 heteroatoms. The molecule has 1 saturated heterocycles. The molecule has 0 unspecified atom stereocenters. The number of halogens is 1. The van der Waals surface area contributed by atoms with Crippen molar-refractivity contribution in [3.63, 3.8) is 0 Å². The minimum Gasteiger partial charge on any atom is -0.352 e. The molecule has 2 amide bonds. The number of hydrogen-bond acceptors (Lipinski definition) is 4. The van der Waals surface area contributed by atoms with E-state index >= 15 is 0 Å². The number of carbonyl (C=O) groups is 1. The number of amides is 2. The molecule has 2 aromatic carbocycles. The van der Waals surface area contributed by atoms with Gasteiger partial charge in [-0.15, -0.1) is 10.2 Å². The number of benzene rings is 2. The summed E-state index contributed by atoms with van der Waals surface area (Å²) in [7, 11) is 0. The van der Waals surface area contributed by atoms with Crippen LogP contribution in [0.25, 0.3) is 11.3 Å². The summed E-state index contributed by atoms with van der Waals surface area (Å²) < 4.78 is 0. The molecule has 0 spiro atoms. The molecule has 1 aliphatic rings. The zero-order chi connectivity index (χ0) is 20.2. The predicted molar refractivity (Wildman–Crippen MR) is 116 cm³/mol. The van der Waals surface area contributed by atoms with E-state index in [0.29, 0.717) is 31.2 Å². The maximum absolute atomic E-state index is 12.5. The van der Waals surface area contributed by atoms with Crippen LogP contribution in [-0.2, 0) is 0 Å². The van der Waals surface area contributed by atoms with E-state index in [9.17, 15) is 4.79 Å². The third kappa shape index (κ3) is 4.49. The SMILES string of the molecule is Cc1ccc(NC(=O)N2CCN(c3ccc(-c4ccccc4Cl)nn3)CC2)cc1. The lowest BCUT2D eigenvalue weighted by Crippen LogP contribution is -2.50. The van der Waals surface area contributed by atoms with Crippen LogP contribution in [0.5, 0.6) is 0 Å². The predicted octanol–water partition coefficient (Wildman–Crippen LogP) is 4.46. The van der Waals surface area contributed by atoms with Crippen molar-refractivity contribution < 1.29 is 4.79 Å². The first-order chi connectivity index (χ1) is 14.1. The molecule has 1 aliphatic heterocycles. The van der Waals surface area contributed by atoms with E-state index in [1.54, 1.807) is 0 Å². The van der Waals surface area contributed by atoms with Crippen LogP contribution >= 0.6 is 11.6 Å². The Morgan fingerprint density at radius 2 is 1.66 bits per heavy atom. The molecule has 148 valence electrons. The number of aromatic nitrogens is 2. The van der Waals surface area contributed by atoms with Gasteiger partial charge in [-0.3, -0.25) is 0 Å². The summed E-state index contributed by atoms with van der Waals surface area (Å²) in [5.41, 5.74) is 3.59. The average Bonchev–Trinajstić information content (AvgIpc) is 2.76. The van der Waals surface area contributed by atoms with Gasteiger partial charge in [0.25, 0.3) is 0 Å². The van der Waals surface area contributed by atoms with Gasteiger partial charge in [0, 0.05) is 37.4 Å². The van der Waals surface area contributed by atoms with Crippen LogP contribution in [0, 0.1) is 6.92 Å². The Morgan fingerprint density at radius 3 is 2.31 bits per heavy atom. The van der Waals surface area contributed by atoms with Crippen molar-refractivity contribution in [2.45, 2.75) is 6.92 Å². The highest BCUT2D eigenvalue weighted by molar-refractivity contribution is 6.33. The standard InChI is InChI=1S/C22H22ClN5O/c1-16-6-8-17(9-7-16)24-22(29)28-14-12-27(13-15-28)21-11-10-20(25-26-21)18-4-2-3-5-19(18)23/h2-11H,12-15H2,1H3,(H,24,29). The van der Waals surface area contributed by atoms with Crippen molar-refractivity contribution in [1.29, 1.82) is 0 Å². The summed E-state index contributed by atoms with van der Waals surface area (Å²) >= 11 is 6.24. The van der Waals surface area contributed by atoms with Gasteiger partial charge >= 0.3 is 6.03 Å². The molecule has 0 atom stereocenters. The summed E-state index contributed by atoms with van der Waals surface area (Å²) in [6.45, 7) is 4.70. The molecule has 0 radical (unpaired) electrons. The second kappa shape index (κ2) is 8.49. The van der Waals surface area contributed by atoms with Gasteiger partial charge in [-0.25, -0.2) is 4.79 Å². The maximum Gasteiger partial charge on any atom is 0.321 e. The van der Waals surface area contributed by atoms with Crippen molar-refractivity contribution in [3.8, 4) is 11.3 Å². The molecule has 0 bridgehead atoms. The van der Waals surface area contributed by atoms with E-state index < -0.39 is 0 Å². The second-order valence-electron chi connectivity index (χ2n) is 7.03. The summed E-state index contributed by atoms with van der Waals surface area (Å²) in [6, 6.07) is 19.2. The second-order valence-corrected chi connectivity index (χ2v) is 7.43. The highest BCUT2D eigenvalue weighted by atomic mass is 35.5. The van der Waals surface area contributed by atoms with Crippen molar-refractivity contribution >= 4 is 29.1 Å². The summed E-state index contributed by atoms with van der Waals surface area (Å²) in [5.74, 6) is 0.805. The van der Waals surface area contributed by atoms with Crippen molar-refractivity contribution in [1.82, 2.24) is 15.1 Å². The van der Waals surface area contributed by atoms with E-state index in [0.717, 1.165) is 22.8 Å². The van der Waals surface area contributed by atoms with Crippen LogP contribution in [0.15, 0.2) is 60.7 Å². The Bertz CT molecular complexity index is 983. The molecular formula is C22H22ClN5O. The molecule has 2 heterocycles. The third-order valence-electron chi connectivity index (χ3n) is 4.99. The van der Waals surface area contributed by atoms with Gasteiger partial charge in [0.15, 0.2) is 5.82 Å². The number of urea groups is 1. The number of nitrogens with one attached hydrogen (secondary N) is 1. The molecule has 0 aliphatic carbocycles. The molecule has 4 rings (SSSR count). The van der Waals surface area contributed by atoms with Gasteiger partial charge in [0.1, 0.15) is 0 Å². The third-order valence-corrected chi connectivity index (χ3v) is 5.32. The van der Waals surface area contributed by atoms with Gasteiger partial charge in [-0.05, 0) is 37.3 Å². The van der Waals surface area contributed by atoms with E-state index in [4.69, 9.17) is 11.6 Å². The summed E-state index contributed by atoms with van der Waals surface area (Å²) in [6.07, 6.45) is 0. The number of aryl methyl sites for hydroxylation is 1. The van der Waals surface area contributed by atoms with Gasteiger partial charge in [0.05, 0.1) is 10.7 Å². The van der Waals surface area contributed by atoms with Gasteiger partial charge < -0.3 is 15.1 Å². The van der Waals surface area contributed by atoms with E-state index in [1.807, 2.05) is 72.5 Å². The number of carbonyl (C=O) groups excluding carboxylic acids is 1. The molecule has 29 heavy (non-hydrogen) atoms. The fraction of sp³-hybridized carbons (Fsp3) is 0.227. The van der Waals surface area contributed by atoms with Crippen LogP contribution < -0.4 is 10.2 Å². The van der Waals surface area contributed by atoms with Crippen molar-refractivity contribution in [3.05, 3.63) is 71.2 Å². The van der Waals surface area contributed by atoms with Crippen molar-refractivity contribution in [2.24, 2.45) is 0 Å². The lowest BCUT2D eigenvalue weighted by atomic mass is 10.1. The molecule has 0 saturated carbocycles. The highest BCUT2D eigenvalue weighted by Gasteiger charge is 2.22. The number of nitrogens with zero attached hydrogens (tertiary/aromatic N) is 4. The van der Waals surface area contributed by atoms with Crippen LogP contribution in [0.1, 0.15) is 5.56 Å². The number of piperazine rings is 1. The zero-order valence-corrected chi connectivity index (χ0v) is 16.9. The van der Waals surface area contributed by atoms with E-state index in [2.05, 4.69) is 20.4 Å². The highest BCUT2D eigenvalue weighted by Crippen LogP contribution is 2.26. The van der Waals surface area contributed by atoms with E-state index in [-0.39, 0.29) is 6.03 Å². The number of anilines is 2. The first-order valence-corrected chi connectivity index (χ1v) is 9.94. The quantitative estimate of drug-likeness (QED) is 0.696. The van der Waals surface area contributed by atoms with Crippen LogP contribution in [0.4, 0.5) is 16.3 Å². The van der Waals surface area contributed by atoms with Crippen LogP contribution in [0.3, 0.4) is 0 Å². The molecule has 1 aromatic heterocycles. The minimum atomic E-state index is -0.0753. The van der Waals surface area contributed by atoms with E-state index in [1.165, 1.54) is 5.56 Å². The van der Waals surface area contributed by atoms with Gasteiger partial charge in [0.2, 0.25) is 0 Å². The summed E-state index contributed by atoms with van der Waals surface area (Å²) in [5, 5.41) is 12.3. The Hall–Kier alpha value is -3.12. The molecule has 3 aromatic rings. The Balaban J connectivity index is 1.35. The Kier molecular flexibility index (Phi) is 5.62. The van der Waals surface area contributed by atoms with Gasteiger partial charge in [-0.1, -0.05) is 47.5 Å². The molecule has 1 N–H and O–H groups in total. The maximum atomic E-state index is 12.5. The summed E-state index contributed by atoms with van der Waals surface area (Å²) in [4.78, 5) is 16.4. The lowest BCUT2D eigenvalue weighted by Gasteiger charge is -2.35. The van der Waals surface area contributed by atoms with Crippen LogP contribution in [-0.4, -0.2) is 47.3 Å². The monoisotopic (exact) mass is 407 g/mol. The minimum absolute atomic E-state index is 0.0753. The smallest absolute Gasteiger partial charge is 0.321 e. The zero-order valence-electron chi connectivity index (χ0n) is 16.2. The average molecular weight is 408 g/mol. The first kappa shape index (κ1) is 19.2. The Labute approximate surface area is 175 Å². The van der Waals surface area contributed by atoms with Gasteiger partial charge in [-0.2, -0.15) is 0 Å². The van der Waals surface area contributed by atoms with Crippen molar-refractivity contribution in [2.75, 3.05) is 36.4 Å². The molecule has 6 nitrogen and oxygen atoms in total. The fourth-order valence-electron chi connectivity index (χ4n) is 3.28. The first-order valence-electron chi connectivity index (χ1n) is 9.56. The normalized spacial score (nSPS) is 14.0. The fourth-order valence-corrected chi connectivity index (χ4v) is 3.52. The Morgan fingerprint density at radius 1 is 0.931 bits per heavy atom. The molecular weight excluding hydrogens is 386 g/mol. The van der Waals surface area contributed by atoms with Crippen LogP contribution in [0.2, 0.25) is 5.02 Å². The topological polar surface area (TPSA) is 61.4 Å².